The Bertz CT molecular complexity index is 623. The number of ketones is 1. The van der Waals surface area contributed by atoms with Crippen molar-refractivity contribution in [3.63, 3.8) is 0 Å². The van der Waals surface area contributed by atoms with Crippen LogP contribution in [0.25, 0.3) is 0 Å². The van der Waals surface area contributed by atoms with Crippen molar-refractivity contribution in [2.24, 2.45) is 5.92 Å². The lowest BCUT2D eigenvalue weighted by Crippen LogP contribution is -2.35. The molecular formula is C16H18BrNO4S. The number of carbonyl (C=O) groups is 3. The first kappa shape index (κ1) is 16.6. The Kier molecular flexibility index (Phi) is 5.16. The quantitative estimate of drug-likeness (QED) is 0.563. The number of hydrogen-bond acceptors (Lipinski definition) is 5. The van der Waals surface area contributed by atoms with E-state index in [1.165, 1.54) is 11.3 Å². The number of rotatable bonds is 5. The Balaban J connectivity index is 1.50. The number of amides is 1. The highest BCUT2D eigenvalue weighted by Crippen LogP contribution is 2.30. The Hall–Kier alpha value is -1.21. The molecule has 1 amide bonds. The SMILES string of the molecule is O=C(COC(=O)[C@@H]1CC(=O)N(C2CCCC2)C1)c1ccc(Br)s1. The van der Waals surface area contributed by atoms with Gasteiger partial charge in [-0.3, -0.25) is 14.4 Å². The zero-order chi connectivity index (χ0) is 16.4. The van der Waals surface area contributed by atoms with E-state index in [0.717, 1.165) is 29.5 Å². The highest BCUT2D eigenvalue weighted by Gasteiger charge is 2.39. The topological polar surface area (TPSA) is 63.7 Å². The van der Waals surface area contributed by atoms with Gasteiger partial charge in [0.2, 0.25) is 11.7 Å². The summed E-state index contributed by atoms with van der Waals surface area (Å²) < 4.78 is 6.00. The lowest BCUT2D eigenvalue weighted by molar-refractivity contribution is -0.147. The molecule has 2 heterocycles. The molecule has 0 bridgehead atoms. The van der Waals surface area contributed by atoms with Crippen LogP contribution in [0.5, 0.6) is 0 Å². The first-order valence-electron chi connectivity index (χ1n) is 7.79. The van der Waals surface area contributed by atoms with Gasteiger partial charge in [0.15, 0.2) is 6.61 Å². The van der Waals surface area contributed by atoms with Crippen LogP contribution in [0.15, 0.2) is 15.9 Å². The normalized spacial score (nSPS) is 21.9. The fourth-order valence-electron chi connectivity index (χ4n) is 3.25. The van der Waals surface area contributed by atoms with Crippen LogP contribution in [-0.4, -0.2) is 41.8 Å². The molecule has 3 rings (SSSR count). The van der Waals surface area contributed by atoms with E-state index in [9.17, 15) is 14.4 Å². The van der Waals surface area contributed by atoms with Crippen LogP contribution in [0.1, 0.15) is 41.8 Å². The Morgan fingerprint density at radius 2 is 2.04 bits per heavy atom. The van der Waals surface area contributed by atoms with Gasteiger partial charge in [-0.2, -0.15) is 0 Å². The number of thiophene rings is 1. The second-order valence-electron chi connectivity index (χ2n) is 6.02. The summed E-state index contributed by atoms with van der Waals surface area (Å²) in [5, 5.41) is 0. The minimum atomic E-state index is -0.442. The molecule has 1 saturated carbocycles. The smallest absolute Gasteiger partial charge is 0.311 e. The van der Waals surface area contributed by atoms with E-state index in [1.54, 1.807) is 12.1 Å². The van der Waals surface area contributed by atoms with E-state index in [-0.39, 0.29) is 30.8 Å². The minimum Gasteiger partial charge on any atom is -0.457 e. The molecule has 7 heteroatoms. The van der Waals surface area contributed by atoms with E-state index in [4.69, 9.17) is 4.74 Å². The lowest BCUT2D eigenvalue weighted by atomic mass is 10.1. The van der Waals surface area contributed by atoms with Crippen molar-refractivity contribution in [1.82, 2.24) is 4.90 Å². The molecule has 0 unspecified atom stereocenters. The van der Waals surface area contributed by atoms with Gasteiger partial charge in [0.05, 0.1) is 14.6 Å². The molecule has 23 heavy (non-hydrogen) atoms. The number of nitrogens with zero attached hydrogens (tertiary/aromatic N) is 1. The van der Waals surface area contributed by atoms with Crippen molar-refractivity contribution in [2.75, 3.05) is 13.2 Å². The second kappa shape index (κ2) is 7.13. The fraction of sp³-hybridized carbons (Fsp3) is 0.562. The summed E-state index contributed by atoms with van der Waals surface area (Å²) in [4.78, 5) is 38.6. The van der Waals surface area contributed by atoms with E-state index in [1.807, 2.05) is 4.90 Å². The van der Waals surface area contributed by atoms with Gasteiger partial charge in [0, 0.05) is 19.0 Å². The maximum atomic E-state index is 12.1. The molecular weight excluding hydrogens is 382 g/mol. The molecule has 1 aliphatic carbocycles. The molecule has 2 aliphatic rings. The maximum Gasteiger partial charge on any atom is 0.311 e. The van der Waals surface area contributed by atoms with E-state index in [0.29, 0.717) is 11.4 Å². The summed E-state index contributed by atoms with van der Waals surface area (Å²) >= 11 is 4.61. The summed E-state index contributed by atoms with van der Waals surface area (Å²) in [6.07, 6.45) is 4.55. The van der Waals surface area contributed by atoms with E-state index < -0.39 is 11.9 Å². The van der Waals surface area contributed by atoms with Gasteiger partial charge in [0.1, 0.15) is 0 Å². The largest absolute Gasteiger partial charge is 0.457 e. The maximum absolute atomic E-state index is 12.1. The van der Waals surface area contributed by atoms with Crippen LogP contribution in [0.4, 0.5) is 0 Å². The fourth-order valence-corrected chi connectivity index (χ4v) is 4.56. The van der Waals surface area contributed by atoms with Crippen molar-refractivity contribution in [2.45, 2.75) is 38.1 Å². The van der Waals surface area contributed by atoms with Gasteiger partial charge in [-0.05, 0) is 40.9 Å². The molecule has 0 radical (unpaired) electrons. The predicted molar refractivity (Wildman–Crippen MR) is 89.4 cm³/mol. The van der Waals surface area contributed by atoms with Gasteiger partial charge in [0.25, 0.3) is 0 Å². The molecule has 124 valence electrons. The molecule has 5 nitrogen and oxygen atoms in total. The molecule has 2 fully saturated rings. The average Bonchev–Trinajstić information content (AvgIpc) is 3.24. The number of esters is 1. The summed E-state index contributed by atoms with van der Waals surface area (Å²) in [7, 11) is 0. The second-order valence-corrected chi connectivity index (χ2v) is 8.48. The summed E-state index contributed by atoms with van der Waals surface area (Å²) in [5.74, 6) is -1.06. The van der Waals surface area contributed by atoms with Crippen molar-refractivity contribution < 1.29 is 19.1 Å². The third-order valence-corrected chi connectivity index (χ3v) is 6.12. The van der Waals surface area contributed by atoms with Crippen molar-refractivity contribution >= 4 is 44.9 Å². The van der Waals surface area contributed by atoms with Crippen LogP contribution in [0.2, 0.25) is 0 Å². The number of hydrogen-bond donors (Lipinski definition) is 0. The summed E-state index contributed by atoms with van der Waals surface area (Å²) in [5.41, 5.74) is 0. The van der Waals surface area contributed by atoms with Gasteiger partial charge >= 0.3 is 5.97 Å². The highest BCUT2D eigenvalue weighted by atomic mass is 79.9. The van der Waals surface area contributed by atoms with Gasteiger partial charge in [-0.1, -0.05) is 12.8 Å². The Labute approximate surface area is 147 Å². The van der Waals surface area contributed by atoms with Gasteiger partial charge in [-0.15, -0.1) is 11.3 Å². The predicted octanol–water partition coefficient (Wildman–Crippen LogP) is 3.03. The van der Waals surface area contributed by atoms with E-state index in [2.05, 4.69) is 15.9 Å². The molecule has 1 atom stereocenters. The number of Topliss-reactive ketones (excluding diaryl/α,β-unsaturated/α-hetero) is 1. The lowest BCUT2D eigenvalue weighted by Gasteiger charge is -2.23. The molecule has 1 aliphatic heterocycles. The average molecular weight is 400 g/mol. The van der Waals surface area contributed by atoms with Gasteiger partial charge < -0.3 is 9.64 Å². The third-order valence-electron chi connectivity index (χ3n) is 4.45. The molecule has 0 aromatic carbocycles. The van der Waals surface area contributed by atoms with Crippen LogP contribution in [0.3, 0.4) is 0 Å². The standard InChI is InChI=1S/C16H18BrNO4S/c17-14-6-5-13(23-14)12(19)9-22-16(21)10-7-15(20)18(8-10)11-3-1-2-4-11/h5-6,10-11H,1-4,7-9H2/t10-/m1/s1. The molecule has 1 aromatic heterocycles. The van der Waals surface area contributed by atoms with Crippen molar-refractivity contribution in [1.29, 1.82) is 0 Å². The van der Waals surface area contributed by atoms with Crippen molar-refractivity contribution in [3.05, 3.63) is 20.8 Å². The van der Waals surface area contributed by atoms with E-state index >= 15 is 0 Å². The van der Waals surface area contributed by atoms with Crippen molar-refractivity contribution in [3.8, 4) is 0 Å². The summed E-state index contributed by atoms with van der Waals surface area (Å²) in [6, 6.07) is 3.77. The van der Waals surface area contributed by atoms with Crippen LogP contribution in [0, 0.1) is 5.92 Å². The molecule has 1 aromatic rings. The monoisotopic (exact) mass is 399 g/mol. The van der Waals surface area contributed by atoms with Gasteiger partial charge in [-0.25, -0.2) is 0 Å². The Morgan fingerprint density at radius 3 is 2.70 bits per heavy atom. The zero-order valence-electron chi connectivity index (χ0n) is 12.6. The third kappa shape index (κ3) is 3.83. The first-order chi connectivity index (χ1) is 11.0. The van der Waals surface area contributed by atoms with Crippen LogP contribution < -0.4 is 0 Å². The van der Waals surface area contributed by atoms with Crippen LogP contribution >= 0.6 is 27.3 Å². The number of halogens is 1. The number of ether oxygens (including phenoxy) is 1. The molecule has 0 spiro atoms. The highest BCUT2D eigenvalue weighted by molar-refractivity contribution is 9.11. The zero-order valence-corrected chi connectivity index (χ0v) is 15.0. The molecule has 1 saturated heterocycles. The van der Waals surface area contributed by atoms with Crippen LogP contribution in [-0.2, 0) is 14.3 Å². The Morgan fingerprint density at radius 1 is 1.30 bits per heavy atom. The summed E-state index contributed by atoms with van der Waals surface area (Å²) in [6.45, 7) is 0.168. The molecule has 0 N–H and O–H groups in total. The first-order valence-corrected chi connectivity index (χ1v) is 9.40. The number of carbonyl (C=O) groups excluding carboxylic acids is 3. The minimum absolute atomic E-state index is 0.0346. The number of likely N-dealkylation sites (tertiary alicyclic amines) is 1.